The Morgan fingerprint density at radius 1 is 1.09 bits per heavy atom. The van der Waals surface area contributed by atoms with Crippen molar-refractivity contribution in [3.05, 3.63) is 75.7 Å². The Kier molecular flexibility index (Phi) is 6.82. The van der Waals surface area contributed by atoms with Crippen molar-refractivity contribution in [1.29, 1.82) is 5.41 Å². The van der Waals surface area contributed by atoms with E-state index >= 15 is 0 Å². The molecule has 2 aliphatic heterocycles. The fraction of sp³-hybridized carbons (Fsp3) is 0.346. The van der Waals surface area contributed by atoms with E-state index in [-0.39, 0.29) is 17.9 Å². The Bertz CT molecular complexity index is 1200. The third-order valence-corrected chi connectivity index (χ3v) is 7.50. The van der Waals surface area contributed by atoms with E-state index in [4.69, 9.17) is 43.8 Å². The van der Waals surface area contributed by atoms with Crippen LogP contribution in [0.2, 0.25) is 10.0 Å². The summed E-state index contributed by atoms with van der Waals surface area (Å²) in [6.45, 7) is 2.92. The van der Waals surface area contributed by atoms with Gasteiger partial charge < -0.3 is 20.1 Å². The normalized spacial score (nSPS) is 17.0. The average Bonchev–Trinajstić information content (AvgIpc) is 3.32. The number of pyridine rings is 2. The lowest BCUT2D eigenvalue weighted by Crippen LogP contribution is -2.44. The molecule has 2 fully saturated rings. The smallest absolute Gasteiger partial charge is 0.128 e. The Balaban J connectivity index is 1.26. The summed E-state index contributed by atoms with van der Waals surface area (Å²) in [7, 11) is 0. The molecule has 7 nitrogen and oxygen atoms in total. The molecule has 0 saturated carbocycles. The van der Waals surface area contributed by atoms with E-state index < -0.39 is 0 Å². The van der Waals surface area contributed by atoms with E-state index in [1.165, 1.54) is 12.4 Å². The summed E-state index contributed by atoms with van der Waals surface area (Å²) in [6.07, 6.45) is 9.18. The third-order valence-electron chi connectivity index (χ3n) is 6.85. The maximum Gasteiger partial charge on any atom is 0.128 e. The topological polar surface area (TPSA) is 97.4 Å². The number of anilines is 2. The summed E-state index contributed by atoms with van der Waals surface area (Å²) in [5.74, 6) is 1.48. The summed E-state index contributed by atoms with van der Waals surface area (Å²) in [5.41, 5.74) is 8.96. The summed E-state index contributed by atoms with van der Waals surface area (Å²) in [5, 5.41) is 9.61. The minimum Gasteiger partial charge on any atom is -0.489 e. The van der Waals surface area contributed by atoms with Gasteiger partial charge in [-0.1, -0.05) is 23.2 Å². The summed E-state index contributed by atoms with van der Waals surface area (Å²) in [4.78, 5) is 10.9. The van der Waals surface area contributed by atoms with Crippen molar-refractivity contribution < 1.29 is 9.47 Å². The second-order valence-electron chi connectivity index (χ2n) is 9.02. The third kappa shape index (κ3) is 5.08. The van der Waals surface area contributed by atoms with Gasteiger partial charge in [0, 0.05) is 60.7 Å². The molecule has 1 spiro atoms. The minimum absolute atomic E-state index is 0.0806. The van der Waals surface area contributed by atoms with Gasteiger partial charge in [-0.3, -0.25) is 10.4 Å². The molecule has 0 bridgehead atoms. The summed E-state index contributed by atoms with van der Waals surface area (Å²) >= 11 is 12.4. The fourth-order valence-electron chi connectivity index (χ4n) is 4.74. The molecule has 2 aromatic heterocycles. The van der Waals surface area contributed by atoms with Gasteiger partial charge in [0.1, 0.15) is 18.2 Å². The van der Waals surface area contributed by atoms with Crippen LogP contribution in [0.1, 0.15) is 42.4 Å². The molecule has 1 aromatic carbocycles. The lowest BCUT2D eigenvalue weighted by molar-refractivity contribution is -0.0147. The fourth-order valence-corrected chi connectivity index (χ4v) is 5.22. The van der Waals surface area contributed by atoms with Gasteiger partial charge in [0.2, 0.25) is 0 Å². The number of aromatic nitrogens is 2. The molecule has 0 atom stereocenters. The molecule has 182 valence electrons. The molecule has 9 heteroatoms. The highest BCUT2D eigenvalue weighted by Gasteiger charge is 2.38. The highest BCUT2D eigenvalue weighted by Crippen LogP contribution is 2.36. The van der Waals surface area contributed by atoms with Gasteiger partial charge in [-0.25, -0.2) is 4.98 Å². The van der Waals surface area contributed by atoms with Gasteiger partial charge in [0.15, 0.2) is 0 Å². The molecular weight excluding hydrogens is 485 g/mol. The number of ether oxygens (including phenoxy) is 2. The van der Waals surface area contributed by atoms with Gasteiger partial charge in [-0.15, -0.1) is 0 Å². The standard InChI is InChI=1S/C26H27Cl2N5O2/c27-21-14-31-15-22(28)20(21)16-34-18-3-4-23(29)19(12-18)25(30)17-2-5-24(32-13-17)33-9-7-26(8-10-33)6-1-11-35-26/h2-5,12-15,30H,1,6-11,16,29H2. The maximum atomic E-state index is 8.74. The number of nitrogens with zero attached hydrogens (tertiary/aromatic N) is 3. The summed E-state index contributed by atoms with van der Waals surface area (Å²) in [6, 6.07) is 9.13. The van der Waals surface area contributed by atoms with Crippen LogP contribution in [0.5, 0.6) is 5.75 Å². The number of nitrogen functional groups attached to an aromatic ring is 1. The number of piperidine rings is 1. The second-order valence-corrected chi connectivity index (χ2v) is 9.84. The number of halogens is 2. The molecule has 0 radical (unpaired) electrons. The van der Waals surface area contributed by atoms with Crippen molar-refractivity contribution in [2.24, 2.45) is 0 Å². The van der Waals surface area contributed by atoms with Crippen LogP contribution in [-0.2, 0) is 11.3 Å². The SMILES string of the molecule is N=C(c1ccc(N2CCC3(CCCO3)CC2)nc1)c1cc(OCc2c(Cl)cncc2Cl)ccc1N. The first kappa shape index (κ1) is 23.9. The van der Waals surface area contributed by atoms with Gasteiger partial charge in [0.25, 0.3) is 0 Å². The second kappa shape index (κ2) is 10.0. The molecule has 5 rings (SSSR count). The van der Waals surface area contributed by atoms with Gasteiger partial charge in [-0.05, 0) is 56.0 Å². The minimum atomic E-state index is 0.0806. The number of nitrogens with two attached hydrogens (primary N) is 1. The first-order chi connectivity index (χ1) is 16.9. The maximum absolute atomic E-state index is 8.74. The van der Waals surface area contributed by atoms with Crippen molar-refractivity contribution in [3.63, 3.8) is 0 Å². The highest BCUT2D eigenvalue weighted by molar-refractivity contribution is 6.35. The zero-order valence-electron chi connectivity index (χ0n) is 19.3. The molecule has 2 aliphatic rings. The van der Waals surface area contributed by atoms with Crippen molar-refractivity contribution in [3.8, 4) is 5.75 Å². The Hall–Kier alpha value is -2.87. The Morgan fingerprint density at radius 3 is 2.51 bits per heavy atom. The number of hydrogen-bond acceptors (Lipinski definition) is 7. The largest absolute Gasteiger partial charge is 0.489 e. The van der Waals surface area contributed by atoms with Crippen molar-refractivity contribution in [1.82, 2.24) is 9.97 Å². The lowest BCUT2D eigenvalue weighted by atomic mass is 9.88. The van der Waals surface area contributed by atoms with Crippen molar-refractivity contribution in [2.75, 3.05) is 30.3 Å². The van der Waals surface area contributed by atoms with E-state index in [2.05, 4.69) is 14.9 Å². The van der Waals surface area contributed by atoms with Crippen LogP contribution in [-0.4, -0.2) is 41.0 Å². The molecule has 35 heavy (non-hydrogen) atoms. The Morgan fingerprint density at radius 2 is 1.86 bits per heavy atom. The predicted octanol–water partition coefficient (Wildman–Crippen LogP) is 5.51. The van der Waals surface area contributed by atoms with E-state index in [0.29, 0.717) is 38.2 Å². The van der Waals surface area contributed by atoms with Crippen LogP contribution in [0, 0.1) is 5.41 Å². The van der Waals surface area contributed by atoms with Gasteiger partial charge in [-0.2, -0.15) is 0 Å². The Labute approximate surface area is 214 Å². The molecule has 0 unspecified atom stereocenters. The van der Waals surface area contributed by atoms with Gasteiger partial charge in [0.05, 0.1) is 21.4 Å². The van der Waals surface area contributed by atoms with E-state index in [1.54, 1.807) is 24.4 Å². The van der Waals surface area contributed by atoms with Crippen LogP contribution < -0.4 is 15.4 Å². The van der Waals surface area contributed by atoms with Gasteiger partial charge >= 0.3 is 0 Å². The van der Waals surface area contributed by atoms with E-state index in [0.717, 1.165) is 51.2 Å². The molecule has 3 aromatic rings. The zero-order chi connectivity index (χ0) is 24.4. The first-order valence-electron chi connectivity index (χ1n) is 11.7. The molecular formula is C26H27Cl2N5O2. The highest BCUT2D eigenvalue weighted by atomic mass is 35.5. The zero-order valence-corrected chi connectivity index (χ0v) is 20.8. The molecule has 0 aliphatic carbocycles. The van der Waals surface area contributed by atoms with E-state index in [1.807, 2.05) is 12.1 Å². The first-order valence-corrected chi connectivity index (χ1v) is 12.4. The number of nitrogens with one attached hydrogen (secondary N) is 1. The van der Waals surface area contributed by atoms with E-state index in [9.17, 15) is 0 Å². The van der Waals surface area contributed by atoms with Crippen molar-refractivity contribution in [2.45, 2.75) is 37.9 Å². The number of rotatable bonds is 6. The van der Waals surface area contributed by atoms with Crippen LogP contribution in [0.25, 0.3) is 0 Å². The monoisotopic (exact) mass is 511 g/mol. The van der Waals surface area contributed by atoms with Crippen LogP contribution >= 0.6 is 23.2 Å². The molecule has 2 saturated heterocycles. The van der Waals surface area contributed by atoms with Crippen LogP contribution in [0.4, 0.5) is 11.5 Å². The molecule has 4 heterocycles. The molecule has 3 N–H and O–H groups in total. The lowest BCUT2D eigenvalue weighted by Gasteiger charge is -2.39. The quantitative estimate of drug-likeness (QED) is 0.334. The molecule has 0 amide bonds. The van der Waals surface area contributed by atoms with Crippen molar-refractivity contribution >= 4 is 40.4 Å². The van der Waals surface area contributed by atoms with Crippen LogP contribution in [0.15, 0.2) is 48.9 Å². The number of benzene rings is 1. The van der Waals surface area contributed by atoms with Crippen LogP contribution in [0.3, 0.4) is 0 Å². The summed E-state index contributed by atoms with van der Waals surface area (Å²) < 4.78 is 11.9. The average molecular weight is 512 g/mol. The number of hydrogen-bond donors (Lipinski definition) is 2. The predicted molar refractivity (Wildman–Crippen MR) is 139 cm³/mol.